The molecule has 3 aromatic carbocycles. The first-order chi connectivity index (χ1) is 17.6. The summed E-state index contributed by atoms with van der Waals surface area (Å²) in [5.41, 5.74) is 4.43. The number of unbranched alkanes of at least 4 members (excludes halogenated alkanes) is 1. The molecule has 0 heterocycles. The highest BCUT2D eigenvalue weighted by Gasteiger charge is 2.13. The molecule has 3 rings (SSSR count). The molecule has 36 heavy (non-hydrogen) atoms. The Morgan fingerprint density at radius 3 is 2.36 bits per heavy atom. The minimum absolute atomic E-state index is 0.411. The Kier molecular flexibility index (Phi) is 10.3. The summed E-state index contributed by atoms with van der Waals surface area (Å²) in [7, 11) is 0. The van der Waals surface area contributed by atoms with Gasteiger partial charge in [0.2, 0.25) is 0 Å². The number of hydrazone groups is 1. The zero-order valence-electron chi connectivity index (χ0n) is 20.5. The van der Waals surface area contributed by atoms with Crippen molar-refractivity contribution >= 4 is 23.7 Å². The summed E-state index contributed by atoms with van der Waals surface area (Å²) in [6, 6.07) is 22.0. The number of ether oxygens (including phenoxy) is 3. The zero-order chi connectivity index (χ0) is 25.6. The van der Waals surface area contributed by atoms with Gasteiger partial charge in [-0.15, -0.1) is 0 Å². The highest BCUT2D eigenvalue weighted by Crippen LogP contribution is 2.29. The molecule has 3 aromatic rings. The first-order valence-corrected chi connectivity index (χ1v) is 11.9. The standard InChI is InChI=1S/C28H31N3O5/c1-3-5-17-35-24-14-12-23(13-15-24)30-27(32)28(33)31-29-19-22-11-16-25(26(18-22)34-4-2)36-20-21-9-7-6-8-10-21/h6-16,18-19H,3-5,17,20H2,1-2H3,(H,30,32)(H,31,33)/b29-19-. The molecule has 0 unspecified atom stereocenters. The van der Waals surface area contributed by atoms with E-state index in [2.05, 4.69) is 22.8 Å². The second-order valence-electron chi connectivity index (χ2n) is 7.79. The number of carbonyl (C=O) groups excluding carboxylic acids is 2. The highest BCUT2D eigenvalue weighted by atomic mass is 16.5. The van der Waals surface area contributed by atoms with E-state index in [0.717, 1.165) is 18.4 Å². The fourth-order valence-electron chi connectivity index (χ4n) is 3.10. The van der Waals surface area contributed by atoms with Crippen LogP contribution in [0, 0.1) is 0 Å². The van der Waals surface area contributed by atoms with E-state index < -0.39 is 11.8 Å². The maximum atomic E-state index is 12.2. The first kappa shape index (κ1) is 26.3. The van der Waals surface area contributed by atoms with Gasteiger partial charge in [-0.2, -0.15) is 5.10 Å². The monoisotopic (exact) mass is 489 g/mol. The lowest BCUT2D eigenvalue weighted by Crippen LogP contribution is -2.32. The van der Waals surface area contributed by atoms with E-state index in [1.165, 1.54) is 6.21 Å². The normalized spacial score (nSPS) is 10.6. The number of carbonyl (C=O) groups is 2. The zero-order valence-corrected chi connectivity index (χ0v) is 20.5. The predicted molar refractivity (Wildman–Crippen MR) is 140 cm³/mol. The van der Waals surface area contributed by atoms with E-state index >= 15 is 0 Å². The van der Waals surface area contributed by atoms with Crippen molar-refractivity contribution in [1.29, 1.82) is 0 Å². The Morgan fingerprint density at radius 1 is 0.861 bits per heavy atom. The van der Waals surface area contributed by atoms with Gasteiger partial charge in [0.1, 0.15) is 12.4 Å². The average molecular weight is 490 g/mol. The van der Waals surface area contributed by atoms with Gasteiger partial charge in [0.15, 0.2) is 11.5 Å². The number of rotatable bonds is 12. The molecule has 2 amide bonds. The maximum absolute atomic E-state index is 12.2. The van der Waals surface area contributed by atoms with E-state index in [4.69, 9.17) is 14.2 Å². The molecule has 0 atom stereocenters. The van der Waals surface area contributed by atoms with Gasteiger partial charge in [0, 0.05) is 5.69 Å². The van der Waals surface area contributed by atoms with Gasteiger partial charge in [-0.3, -0.25) is 9.59 Å². The molecule has 0 aromatic heterocycles. The van der Waals surface area contributed by atoms with Crippen molar-refractivity contribution in [1.82, 2.24) is 5.43 Å². The van der Waals surface area contributed by atoms with E-state index in [0.29, 0.717) is 48.3 Å². The number of nitrogens with zero attached hydrogens (tertiary/aromatic N) is 1. The van der Waals surface area contributed by atoms with Crippen LogP contribution in [0.4, 0.5) is 5.69 Å². The summed E-state index contributed by atoms with van der Waals surface area (Å²) in [5, 5.41) is 6.41. The van der Waals surface area contributed by atoms with Gasteiger partial charge in [-0.05, 0) is 66.9 Å². The molecule has 0 aliphatic heterocycles. The van der Waals surface area contributed by atoms with Crippen LogP contribution in [0.25, 0.3) is 0 Å². The van der Waals surface area contributed by atoms with Gasteiger partial charge in [-0.1, -0.05) is 43.7 Å². The first-order valence-electron chi connectivity index (χ1n) is 11.9. The van der Waals surface area contributed by atoms with Gasteiger partial charge < -0.3 is 19.5 Å². The summed E-state index contributed by atoms with van der Waals surface area (Å²) in [5.74, 6) is 0.152. The minimum atomic E-state index is -0.887. The third kappa shape index (κ3) is 8.47. The molecule has 0 spiro atoms. The third-order valence-corrected chi connectivity index (χ3v) is 4.97. The molecule has 0 saturated carbocycles. The van der Waals surface area contributed by atoms with E-state index in [1.54, 1.807) is 42.5 Å². The number of amides is 2. The summed E-state index contributed by atoms with van der Waals surface area (Å²) >= 11 is 0. The van der Waals surface area contributed by atoms with Crippen molar-refractivity contribution in [3.8, 4) is 17.2 Å². The second kappa shape index (κ2) is 14.2. The summed E-state index contributed by atoms with van der Waals surface area (Å²) < 4.78 is 17.2. The molecular weight excluding hydrogens is 458 g/mol. The number of benzene rings is 3. The van der Waals surface area contributed by atoms with Gasteiger partial charge in [0.05, 0.1) is 19.4 Å². The third-order valence-electron chi connectivity index (χ3n) is 4.97. The van der Waals surface area contributed by atoms with Crippen LogP contribution in [0.15, 0.2) is 77.9 Å². The van der Waals surface area contributed by atoms with Gasteiger partial charge >= 0.3 is 11.8 Å². The van der Waals surface area contributed by atoms with Crippen LogP contribution in [-0.2, 0) is 16.2 Å². The van der Waals surface area contributed by atoms with Crippen LogP contribution in [0.3, 0.4) is 0 Å². The van der Waals surface area contributed by atoms with Crippen molar-refractivity contribution in [2.24, 2.45) is 5.10 Å². The Morgan fingerprint density at radius 2 is 1.64 bits per heavy atom. The van der Waals surface area contributed by atoms with Crippen LogP contribution in [0.5, 0.6) is 17.2 Å². The van der Waals surface area contributed by atoms with Crippen molar-refractivity contribution in [3.63, 3.8) is 0 Å². The molecule has 8 heteroatoms. The van der Waals surface area contributed by atoms with Crippen LogP contribution < -0.4 is 25.0 Å². The number of anilines is 1. The minimum Gasteiger partial charge on any atom is -0.494 e. The molecule has 0 aliphatic rings. The van der Waals surface area contributed by atoms with Crippen LogP contribution in [0.1, 0.15) is 37.8 Å². The molecule has 2 N–H and O–H groups in total. The van der Waals surface area contributed by atoms with Crippen molar-refractivity contribution in [3.05, 3.63) is 83.9 Å². The van der Waals surface area contributed by atoms with E-state index in [1.807, 2.05) is 37.3 Å². The average Bonchev–Trinajstić information content (AvgIpc) is 2.90. The largest absolute Gasteiger partial charge is 0.494 e. The van der Waals surface area contributed by atoms with Gasteiger partial charge in [0.25, 0.3) is 0 Å². The van der Waals surface area contributed by atoms with E-state index in [9.17, 15) is 9.59 Å². The smallest absolute Gasteiger partial charge is 0.329 e. The molecule has 8 nitrogen and oxygen atoms in total. The molecule has 0 aliphatic carbocycles. The van der Waals surface area contributed by atoms with Crippen LogP contribution in [-0.4, -0.2) is 31.2 Å². The predicted octanol–water partition coefficient (Wildman–Crippen LogP) is 4.93. The molecule has 0 bridgehead atoms. The molecule has 0 fully saturated rings. The van der Waals surface area contributed by atoms with Crippen LogP contribution >= 0.6 is 0 Å². The lowest BCUT2D eigenvalue weighted by atomic mass is 10.2. The second-order valence-corrected chi connectivity index (χ2v) is 7.79. The van der Waals surface area contributed by atoms with Crippen molar-refractivity contribution < 1.29 is 23.8 Å². The molecule has 188 valence electrons. The van der Waals surface area contributed by atoms with Crippen molar-refractivity contribution in [2.45, 2.75) is 33.3 Å². The Labute approximate surface area is 211 Å². The molecule has 0 radical (unpaired) electrons. The highest BCUT2D eigenvalue weighted by molar-refractivity contribution is 6.39. The molecule has 0 saturated heterocycles. The van der Waals surface area contributed by atoms with Crippen molar-refractivity contribution in [2.75, 3.05) is 18.5 Å². The number of nitrogens with one attached hydrogen (secondary N) is 2. The van der Waals surface area contributed by atoms with Crippen LogP contribution in [0.2, 0.25) is 0 Å². The summed E-state index contributed by atoms with van der Waals surface area (Å²) in [6.07, 6.45) is 3.45. The maximum Gasteiger partial charge on any atom is 0.329 e. The van der Waals surface area contributed by atoms with Gasteiger partial charge in [-0.25, -0.2) is 5.43 Å². The summed E-state index contributed by atoms with van der Waals surface area (Å²) in [6.45, 7) is 5.49. The Balaban J connectivity index is 1.52. The quantitative estimate of drug-likeness (QED) is 0.163. The topological polar surface area (TPSA) is 98.2 Å². The molecular formula is C28H31N3O5. The fourth-order valence-corrected chi connectivity index (χ4v) is 3.10. The lowest BCUT2D eigenvalue weighted by molar-refractivity contribution is -0.136. The Bertz CT molecular complexity index is 1150. The number of hydrogen-bond donors (Lipinski definition) is 2. The number of hydrogen-bond acceptors (Lipinski definition) is 6. The lowest BCUT2D eigenvalue weighted by Gasteiger charge is -2.12. The summed E-state index contributed by atoms with van der Waals surface area (Å²) in [4.78, 5) is 24.3. The van der Waals surface area contributed by atoms with E-state index in [-0.39, 0.29) is 0 Å². The Hall–Kier alpha value is -4.33. The fraction of sp³-hybridized carbons (Fsp3) is 0.250. The SMILES string of the molecule is CCCCOc1ccc(NC(=O)C(=O)N/N=C\c2ccc(OCc3ccccc3)c(OCC)c2)cc1.